The molecule has 98 valence electrons. The largest absolute Gasteiger partial charge is 0.488 e. The molecule has 2 rings (SSSR count). The third-order valence-corrected chi connectivity index (χ3v) is 3.39. The van der Waals surface area contributed by atoms with E-state index in [-0.39, 0.29) is 18.1 Å². The molecule has 5 heteroatoms. The van der Waals surface area contributed by atoms with Gasteiger partial charge in [-0.15, -0.1) is 0 Å². The van der Waals surface area contributed by atoms with E-state index in [0.29, 0.717) is 6.42 Å². The number of aromatic nitrogens is 1. The molecule has 0 aromatic carbocycles. The molecule has 0 saturated carbocycles. The molecule has 1 aromatic heterocycles. The van der Waals surface area contributed by atoms with Gasteiger partial charge in [-0.3, -0.25) is 4.98 Å². The first-order valence-electron chi connectivity index (χ1n) is 6.22. The molecule has 1 aromatic rings. The number of hydrogen-bond acceptors (Lipinski definition) is 3. The average Bonchev–Trinajstić information content (AvgIpc) is 2.64. The third kappa shape index (κ3) is 2.55. The quantitative estimate of drug-likeness (QED) is 0.860. The molecule has 18 heavy (non-hydrogen) atoms. The van der Waals surface area contributed by atoms with Crippen molar-refractivity contribution >= 4 is 6.09 Å². The van der Waals surface area contributed by atoms with E-state index in [1.807, 2.05) is 26.0 Å². The lowest BCUT2D eigenvalue weighted by Gasteiger charge is -2.21. The average molecular weight is 250 g/mol. The summed E-state index contributed by atoms with van der Waals surface area (Å²) < 4.78 is 5.73. The molecule has 1 amide bonds. The number of nitrogens with zero attached hydrogens (tertiary/aromatic N) is 1. The molecule has 0 fully saturated rings. The number of carbonyl (C=O) groups is 1. The van der Waals surface area contributed by atoms with Crippen molar-refractivity contribution in [1.29, 1.82) is 0 Å². The lowest BCUT2D eigenvalue weighted by Crippen LogP contribution is -2.35. The summed E-state index contributed by atoms with van der Waals surface area (Å²) >= 11 is 0. The summed E-state index contributed by atoms with van der Waals surface area (Å²) in [5.41, 5.74) is 0.940. The van der Waals surface area contributed by atoms with Gasteiger partial charge in [0.05, 0.1) is 5.69 Å². The molecule has 1 unspecified atom stereocenters. The van der Waals surface area contributed by atoms with Crippen LogP contribution in [-0.4, -0.2) is 28.3 Å². The molecular weight excluding hydrogens is 232 g/mol. The van der Waals surface area contributed by atoms with Crippen LogP contribution in [0, 0.1) is 0 Å². The fourth-order valence-corrected chi connectivity index (χ4v) is 2.40. The molecular formula is C13H18N2O3. The Morgan fingerprint density at radius 1 is 1.67 bits per heavy atom. The van der Waals surface area contributed by atoms with Crippen LogP contribution >= 0.6 is 0 Å². The fourth-order valence-electron chi connectivity index (χ4n) is 2.40. The highest BCUT2D eigenvalue weighted by molar-refractivity contribution is 5.64. The minimum absolute atomic E-state index is 0.0412. The summed E-state index contributed by atoms with van der Waals surface area (Å²) in [6.07, 6.45) is 2.29. The maximum Gasteiger partial charge on any atom is 0.404 e. The number of nitrogens with one attached hydrogen (secondary N) is 1. The topological polar surface area (TPSA) is 71.5 Å². The Bertz CT molecular complexity index is 436. The number of carboxylic acid groups (broad SMARTS) is 1. The van der Waals surface area contributed by atoms with Crippen molar-refractivity contribution in [2.24, 2.45) is 0 Å². The third-order valence-electron chi connectivity index (χ3n) is 3.39. The van der Waals surface area contributed by atoms with Gasteiger partial charge in [0.15, 0.2) is 0 Å². The number of ether oxygens (including phenoxy) is 1. The van der Waals surface area contributed by atoms with Crippen LogP contribution in [0.1, 0.15) is 38.3 Å². The number of hydrogen-bond donors (Lipinski definition) is 2. The molecule has 1 aliphatic heterocycles. The summed E-state index contributed by atoms with van der Waals surface area (Å²) in [5.74, 6) is 0.971. The van der Waals surface area contributed by atoms with Gasteiger partial charge in [-0.2, -0.15) is 0 Å². The number of fused-ring (bicyclic) bond motifs is 1. The van der Waals surface area contributed by atoms with Gasteiger partial charge in [0.2, 0.25) is 0 Å². The summed E-state index contributed by atoms with van der Waals surface area (Å²) in [6.45, 7) is 3.97. The van der Waals surface area contributed by atoms with Gasteiger partial charge in [0, 0.05) is 18.2 Å². The Labute approximate surface area is 106 Å². The molecule has 0 spiro atoms. The van der Waals surface area contributed by atoms with E-state index < -0.39 is 6.09 Å². The van der Waals surface area contributed by atoms with Crippen molar-refractivity contribution in [3.05, 3.63) is 24.0 Å². The molecule has 1 aliphatic rings. The summed E-state index contributed by atoms with van der Waals surface area (Å²) in [6, 6.07) is 3.69. The number of amides is 1. The van der Waals surface area contributed by atoms with Crippen molar-refractivity contribution in [3.63, 3.8) is 0 Å². The zero-order valence-corrected chi connectivity index (χ0v) is 10.6. The Morgan fingerprint density at radius 2 is 2.44 bits per heavy atom. The Balaban J connectivity index is 2.11. The standard InChI is InChI=1S/C13H18N2O3/c1-3-9(15-13(16)17)7-10-8(2)18-11-5-4-6-14-12(10)11/h4-6,8-10,15H,3,7H2,1-2H3,(H,16,17)/t8-,9?,10-/m1/s1. The molecule has 5 nitrogen and oxygen atoms in total. The molecule has 0 saturated heterocycles. The van der Waals surface area contributed by atoms with Crippen LogP contribution in [0.15, 0.2) is 18.3 Å². The lowest BCUT2D eigenvalue weighted by molar-refractivity contribution is 0.182. The molecule has 0 bridgehead atoms. The summed E-state index contributed by atoms with van der Waals surface area (Å²) in [5, 5.41) is 11.3. The second-order valence-electron chi connectivity index (χ2n) is 4.61. The minimum atomic E-state index is -0.977. The maximum atomic E-state index is 10.7. The fraction of sp³-hybridized carbons (Fsp3) is 0.538. The molecule has 2 N–H and O–H groups in total. The van der Waals surface area contributed by atoms with Gasteiger partial charge in [-0.05, 0) is 31.9 Å². The lowest BCUT2D eigenvalue weighted by atomic mass is 9.92. The monoisotopic (exact) mass is 250 g/mol. The first kappa shape index (κ1) is 12.7. The summed E-state index contributed by atoms with van der Waals surface area (Å²) in [7, 11) is 0. The zero-order chi connectivity index (χ0) is 13.1. The van der Waals surface area contributed by atoms with Crippen LogP contribution < -0.4 is 10.1 Å². The van der Waals surface area contributed by atoms with E-state index in [1.54, 1.807) is 6.20 Å². The predicted octanol–water partition coefficient (Wildman–Crippen LogP) is 2.38. The summed E-state index contributed by atoms with van der Waals surface area (Å²) in [4.78, 5) is 15.1. The van der Waals surface area contributed by atoms with Crippen LogP contribution in [0.4, 0.5) is 4.79 Å². The van der Waals surface area contributed by atoms with E-state index in [1.165, 1.54) is 0 Å². The SMILES string of the molecule is CCC(C[C@H]1c2ncccc2O[C@@H]1C)NC(=O)O. The van der Waals surface area contributed by atoms with Gasteiger partial charge in [0.25, 0.3) is 0 Å². The van der Waals surface area contributed by atoms with Crippen LogP contribution in [0.3, 0.4) is 0 Å². The van der Waals surface area contributed by atoms with Crippen LogP contribution in [-0.2, 0) is 0 Å². The highest BCUT2D eigenvalue weighted by atomic mass is 16.5. The van der Waals surface area contributed by atoms with E-state index in [9.17, 15) is 4.79 Å². The van der Waals surface area contributed by atoms with Gasteiger partial charge in [-0.1, -0.05) is 6.92 Å². The molecule has 2 heterocycles. The van der Waals surface area contributed by atoms with Crippen molar-refractivity contribution in [1.82, 2.24) is 10.3 Å². The van der Waals surface area contributed by atoms with Crippen molar-refractivity contribution in [3.8, 4) is 5.75 Å². The molecule has 0 aliphatic carbocycles. The van der Waals surface area contributed by atoms with Crippen molar-refractivity contribution in [2.45, 2.75) is 44.8 Å². The van der Waals surface area contributed by atoms with Gasteiger partial charge in [-0.25, -0.2) is 4.79 Å². The number of pyridine rings is 1. The second-order valence-corrected chi connectivity index (χ2v) is 4.61. The van der Waals surface area contributed by atoms with Gasteiger partial charge >= 0.3 is 6.09 Å². The van der Waals surface area contributed by atoms with Crippen LogP contribution in [0.2, 0.25) is 0 Å². The first-order valence-corrected chi connectivity index (χ1v) is 6.22. The maximum absolute atomic E-state index is 10.7. The smallest absolute Gasteiger partial charge is 0.404 e. The molecule has 3 atom stereocenters. The number of rotatable bonds is 4. The highest BCUT2D eigenvalue weighted by Crippen LogP contribution is 2.39. The van der Waals surface area contributed by atoms with E-state index >= 15 is 0 Å². The zero-order valence-electron chi connectivity index (χ0n) is 10.6. The normalized spacial score (nSPS) is 23.0. The Morgan fingerprint density at radius 3 is 3.11 bits per heavy atom. The predicted molar refractivity (Wildman–Crippen MR) is 66.9 cm³/mol. The van der Waals surface area contributed by atoms with Crippen LogP contribution in [0.5, 0.6) is 5.75 Å². The van der Waals surface area contributed by atoms with Crippen molar-refractivity contribution in [2.75, 3.05) is 0 Å². The first-order chi connectivity index (χ1) is 8.61. The minimum Gasteiger partial charge on any atom is -0.488 e. The molecule has 0 radical (unpaired) electrons. The van der Waals surface area contributed by atoms with Crippen LogP contribution in [0.25, 0.3) is 0 Å². The Hall–Kier alpha value is -1.78. The van der Waals surface area contributed by atoms with Crippen molar-refractivity contribution < 1.29 is 14.6 Å². The van der Waals surface area contributed by atoms with Gasteiger partial charge < -0.3 is 15.2 Å². The second kappa shape index (κ2) is 5.25. The van der Waals surface area contributed by atoms with E-state index in [4.69, 9.17) is 9.84 Å². The van der Waals surface area contributed by atoms with E-state index in [0.717, 1.165) is 17.9 Å². The van der Waals surface area contributed by atoms with Gasteiger partial charge in [0.1, 0.15) is 11.9 Å². The van der Waals surface area contributed by atoms with E-state index in [2.05, 4.69) is 10.3 Å². The Kier molecular flexibility index (Phi) is 3.69. The highest BCUT2D eigenvalue weighted by Gasteiger charge is 2.34.